The average molecular weight is 395 g/mol. The first-order valence-corrected chi connectivity index (χ1v) is 10.3. The van der Waals surface area contributed by atoms with Crippen LogP contribution in [-0.2, 0) is 10.0 Å². The second kappa shape index (κ2) is 8.56. The van der Waals surface area contributed by atoms with Gasteiger partial charge in [0.15, 0.2) is 0 Å². The van der Waals surface area contributed by atoms with Gasteiger partial charge in [0.2, 0.25) is 0 Å². The first-order valence-electron chi connectivity index (χ1n) is 8.45. The van der Waals surface area contributed by atoms with E-state index in [1.54, 1.807) is 24.3 Å². The van der Waals surface area contributed by atoms with E-state index in [2.05, 4.69) is 5.32 Å². The van der Waals surface area contributed by atoms with E-state index in [-0.39, 0.29) is 16.8 Å². The number of carbonyl (C=O) groups excluding carboxylic acids is 1. The predicted octanol–water partition coefficient (Wildman–Crippen LogP) is 4.08. The molecule has 1 N–H and O–H groups in total. The van der Waals surface area contributed by atoms with Gasteiger partial charge < -0.3 is 5.32 Å². The van der Waals surface area contributed by atoms with Gasteiger partial charge in [-0.2, -0.15) is 0 Å². The smallest absolute Gasteiger partial charge is 0.264 e. The number of rotatable bonds is 7. The Kier molecular flexibility index (Phi) is 6.67. The van der Waals surface area contributed by atoms with Gasteiger partial charge in [-0.3, -0.25) is 9.10 Å². The lowest BCUT2D eigenvalue weighted by Crippen LogP contribution is -2.34. The van der Waals surface area contributed by atoms with Crippen molar-refractivity contribution in [3.8, 4) is 0 Å². The van der Waals surface area contributed by atoms with Crippen molar-refractivity contribution in [1.29, 1.82) is 0 Å². The molecule has 2 rings (SSSR count). The number of anilines is 1. The van der Waals surface area contributed by atoms with Crippen LogP contribution in [0.3, 0.4) is 0 Å². The molecule has 0 heterocycles. The summed E-state index contributed by atoms with van der Waals surface area (Å²) in [6, 6.07) is 12.6. The lowest BCUT2D eigenvalue weighted by molar-refractivity contribution is 0.0935. The Morgan fingerprint density at radius 3 is 2.31 bits per heavy atom. The van der Waals surface area contributed by atoms with Gasteiger partial charge in [-0.25, -0.2) is 8.42 Å². The van der Waals surface area contributed by atoms with Crippen molar-refractivity contribution in [2.24, 2.45) is 0 Å². The molecule has 2 aromatic rings. The van der Waals surface area contributed by atoms with E-state index in [1.165, 1.54) is 31.3 Å². The summed E-state index contributed by atoms with van der Waals surface area (Å²) in [5.41, 5.74) is 0.838. The molecule has 0 bridgehead atoms. The molecule has 0 radical (unpaired) electrons. The molecule has 0 atom stereocenters. The Morgan fingerprint density at radius 1 is 1.12 bits per heavy atom. The van der Waals surface area contributed by atoms with Crippen molar-refractivity contribution in [3.05, 3.63) is 59.1 Å². The molecule has 0 aliphatic heterocycles. The van der Waals surface area contributed by atoms with Crippen LogP contribution in [0.4, 0.5) is 5.69 Å². The first kappa shape index (κ1) is 20.3. The third kappa shape index (κ3) is 4.56. The van der Waals surface area contributed by atoms with Gasteiger partial charge in [0.1, 0.15) is 0 Å². The average Bonchev–Trinajstić information content (AvgIpc) is 2.65. The Bertz CT molecular complexity index is 863. The third-order valence-electron chi connectivity index (χ3n) is 4.26. The van der Waals surface area contributed by atoms with Crippen molar-refractivity contribution < 1.29 is 13.2 Å². The van der Waals surface area contributed by atoms with Gasteiger partial charge in [0.05, 0.1) is 10.6 Å². The summed E-state index contributed by atoms with van der Waals surface area (Å²) in [4.78, 5) is 12.5. The molecule has 5 nitrogen and oxygen atoms in total. The number of halogens is 1. The van der Waals surface area contributed by atoms with Gasteiger partial charge in [-0.15, -0.1) is 0 Å². The van der Waals surface area contributed by atoms with E-state index < -0.39 is 10.0 Å². The second-order valence-electron chi connectivity index (χ2n) is 5.96. The molecule has 1 amide bonds. The van der Waals surface area contributed by atoms with Crippen molar-refractivity contribution in [2.45, 2.75) is 37.6 Å². The first-order chi connectivity index (χ1) is 12.3. The minimum absolute atomic E-state index is 0.0988. The Morgan fingerprint density at radius 2 is 1.73 bits per heavy atom. The predicted molar refractivity (Wildman–Crippen MR) is 105 cm³/mol. The number of nitrogens with zero attached hydrogens (tertiary/aromatic N) is 1. The SMILES string of the molecule is CCC(CC)NC(=O)c1cccc(N(C)S(=O)(=O)c2ccc(Cl)cc2)c1. The second-order valence-corrected chi connectivity index (χ2v) is 8.37. The minimum atomic E-state index is -3.74. The van der Waals surface area contributed by atoms with Crippen LogP contribution in [-0.4, -0.2) is 27.4 Å². The van der Waals surface area contributed by atoms with E-state index in [4.69, 9.17) is 11.6 Å². The molecule has 2 aromatic carbocycles. The number of amides is 1. The molecule has 7 heteroatoms. The molecule has 140 valence electrons. The fourth-order valence-corrected chi connectivity index (χ4v) is 3.82. The largest absolute Gasteiger partial charge is 0.349 e. The molecule has 0 saturated heterocycles. The summed E-state index contributed by atoms with van der Waals surface area (Å²) in [7, 11) is -2.28. The number of carbonyl (C=O) groups is 1. The summed E-state index contributed by atoms with van der Waals surface area (Å²) in [5, 5.41) is 3.42. The van der Waals surface area contributed by atoms with Crippen LogP contribution in [0.25, 0.3) is 0 Å². The van der Waals surface area contributed by atoms with Crippen LogP contribution >= 0.6 is 11.6 Å². The summed E-state index contributed by atoms with van der Waals surface area (Å²) in [5.74, 6) is -0.210. The van der Waals surface area contributed by atoms with E-state index in [1.807, 2.05) is 13.8 Å². The van der Waals surface area contributed by atoms with E-state index in [9.17, 15) is 13.2 Å². The van der Waals surface area contributed by atoms with Crippen LogP contribution in [0.2, 0.25) is 5.02 Å². The molecule has 0 aliphatic carbocycles. The van der Waals surface area contributed by atoms with Gasteiger partial charge in [-0.1, -0.05) is 31.5 Å². The highest BCUT2D eigenvalue weighted by molar-refractivity contribution is 7.92. The van der Waals surface area contributed by atoms with Crippen LogP contribution in [0.5, 0.6) is 0 Å². The molecule has 0 fully saturated rings. The molecule has 0 saturated carbocycles. The van der Waals surface area contributed by atoms with Gasteiger partial charge >= 0.3 is 0 Å². The number of nitrogens with one attached hydrogen (secondary N) is 1. The topological polar surface area (TPSA) is 66.5 Å². The summed E-state index contributed by atoms with van der Waals surface area (Å²) in [6.45, 7) is 4.02. The summed E-state index contributed by atoms with van der Waals surface area (Å²) >= 11 is 5.83. The number of hydrogen-bond donors (Lipinski definition) is 1. The molecule has 0 aromatic heterocycles. The highest BCUT2D eigenvalue weighted by Gasteiger charge is 2.22. The van der Waals surface area contributed by atoms with Crippen molar-refractivity contribution in [3.63, 3.8) is 0 Å². The molecule has 0 aliphatic rings. The van der Waals surface area contributed by atoms with Crippen LogP contribution in [0.1, 0.15) is 37.0 Å². The molecule has 26 heavy (non-hydrogen) atoms. The third-order valence-corrected chi connectivity index (χ3v) is 6.32. The fraction of sp³-hybridized carbons (Fsp3) is 0.316. The van der Waals surface area contributed by atoms with Crippen LogP contribution in [0.15, 0.2) is 53.4 Å². The van der Waals surface area contributed by atoms with Gasteiger partial charge in [0, 0.05) is 23.7 Å². The lowest BCUT2D eigenvalue weighted by Gasteiger charge is -2.21. The normalized spacial score (nSPS) is 11.4. The maximum Gasteiger partial charge on any atom is 0.264 e. The zero-order valence-corrected chi connectivity index (χ0v) is 16.6. The standard InChI is InChI=1S/C19H23ClN2O3S/c1-4-16(5-2)21-19(23)14-7-6-8-17(13-14)22(3)26(24,25)18-11-9-15(20)10-12-18/h6-13,16H,4-5H2,1-3H3,(H,21,23). The van der Waals surface area contributed by atoms with Crippen molar-refractivity contribution >= 4 is 33.2 Å². The fourth-order valence-electron chi connectivity index (χ4n) is 2.51. The molecule has 0 unspecified atom stereocenters. The maximum absolute atomic E-state index is 12.8. The lowest BCUT2D eigenvalue weighted by atomic mass is 10.1. The van der Waals surface area contributed by atoms with Crippen LogP contribution < -0.4 is 9.62 Å². The number of sulfonamides is 1. The van der Waals surface area contributed by atoms with E-state index >= 15 is 0 Å². The quantitative estimate of drug-likeness (QED) is 0.769. The molecule has 0 spiro atoms. The summed E-state index contributed by atoms with van der Waals surface area (Å²) < 4.78 is 26.7. The molecular weight excluding hydrogens is 372 g/mol. The Hall–Kier alpha value is -2.05. The number of benzene rings is 2. The minimum Gasteiger partial charge on any atom is -0.349 e. The van der Waals surface area contributed by atoms with Crippen molar-refractivity contribution in [1.82, 2.24) is 5.32 Å². The monoisotopic (exact) mass is 394 g/mol. The van der Waals surface area contributed by atoms with Crippen molar-refractivity contribution in [2.75, 3.05) is 11.4 Å². The Balaban J connectivity index is 2.28. The van der Waals surface area contributed by atoms with Gasteiger partial charge in [-0.05, 0) is 55.3 Å². The highest BCUT2D eigenvalue weighted by Crippen LogP contribution is 2.24. The zero-order chi connectivity index (χ0) is 19.3. The van der Waals surface area contributed by atoms with E-state index in [0.717, 1.165) is 17.1 Å². The van der Waals surface area contributed by atoms with Gasteiger partial charge in [0.25, 0.3) is 15.9 Å². The van der Waals surface area contributed by atoms with E-state index in [0.29, 0.717) is 16.3 Å². The maximum atomic E-state index is 12.8. The summed E-state index contributed by atoms with van der Waals surface area (Å²) in [6.07, 6.45) is 1.68. The highest BCUT2D eigenvalue weighted by atomic mass is 35.5. The number of hydrogen-bond acceptors (Lipinski definition) is 3. The molecular formula is C19H23ClN2O3S. The van der Waals surface area contributed by atoms with Crippen LogP contribution in [0, 0.1) is 0 Å². The zero-order valence-electron chi connectivity index (χ0n) is 15.1. The Labute approximate surface area is 160 Å².